The highest BCUT2D eigenvalue weighted by Gasteiger charge is 2.35. The number of pyridine rings is 1. The zero-order valence-electron chi connectivity index (χ0n) is 14.1. The maximum absolute atomic E-state index is 12.8. The van der Waals surface area contributed by atoms with Crippen LogP contribution >= 0.6 is 0 Å². The number of rotatable bonds is 2. The minimum atomic E-state index is -4.68. The molecule has 0 unspecified atom stereocenters. The lowest BCUT2D eigenvalue weighted by atomic mass is 10.2. The van der Waals surface area contributed by atoms with Gasteiger partial charge < -0.3 is 14.4 Å². The Labute approximate surface area is 143 Å². The summed E-state index contributed by atoms with van der Waals surface area (Å²) in [6, 6.07) is 3.46. The average molecular weight is 357 g/mol. The summed E-state index contributed by atoms with van der Waals surface area (Å²) in [6.45, 7) is 5.76. The second-order valence-corrected chi connectivity index (χ2v) is 6.64. The van der Waals surface area contributed by atoms with E-state index in [1.54, 1.807) is 26.8 Å². The van der Waals surface area contributed by atoms with Crippen molar-refractivity contribution in [1.82, 2.24) is 9.88 Å². The first-order valence-corrected chi connectivity index (χ1v) is 7.62. The lowest BCUT2D eigenvalue weighted by molar-refractivity contribution is -0.141. The smallest absolute Gasteiger partial charge is 0.433 e. The monoisotopic (exact) mass is 357 g/mol. The largest absolute Gasteiger partial charge is 0.472 e. The van der Waals surface area contributed by atoms with Crippen molar-refractivity contribution in [3.05, 3.63) is 23.4 Å². The number of aromatic nitrogens is 1. The Hall–Kier alpha value is -2.50. The molecule has 0 spiro atoms. The summed E-state index contributed by atoms with van der Waals surface area (Å²) in [7, 11) is 0. The lowest BCUT2D eigenvalue weighted by Crippen LogP contribution is -2.36. The molecular weight excluding hydrogens is 339 g/mol. The first kappa shape index (κ1) is 18.8. The molecule has 6 nitrogen and oxygen atoms in total. The molecule has 0 radical (unpaired) electrons. The number of ether oxygens (including phenoxy) is 2. The molecular formula is C16H18F3N3O3. The highest BCUT2D eigenvalue weighted by Crippen LogP contribution is 2.30. The lowest BCUT2D eigenvalue weighted by Gasteiger charge is -2.24. The number of likely N-dealkylation sites (tertiary alicyclic amines) is 1. The van der Waals surface area contributed by atoms with Gasteiger partial charge in [0.1, 0.15) is 17.4 Å². The predicted molar refractivity (Wildman–Crippen MR) is 80.8 cm³/mol. The van der Waals surface area contributed by atoms with E-state index in [-0.39, 0.29) is 18.0 Å². The van der Waals surface area contributed by atoms with Crippen LogP contribution in [0.1, 0.15) is 38.4 Å². The van der Waals surface area contributed by atoms with Crippen molar-refractivity contribution in [3.63, 3.8) is 0 Å². The van der Waals surface area contributed by atoms with Gasteiger partial charge in [-0.05, 0) is 26.8 Å². The van der Waals surface area contributed by atoms with Gasteiger partial charge in [-0.25, -0.2) is 9.78 Å². The molecule has 1 aromatic heterocycles. The van der Waals surface area contributed by atoms with E-state index < -0.39 is 29.7 Å². The van der Waals surface area contributed by atoms with Crippen LogP contribution in [0.25, 0.3) is 0 Å². The SMILES string of the molecule is CC(C)(C)OC(=O)N1CC[C@@H](Oc2cc(C#N)cc(C(F)(F)F)n2)C1. The van der Waals surface area contributed by atoms with Crippen LogP contribution in [0.4, 0.5) is 18.0 Å². The predicted octanol–water partition coefficient (Wildman–Crippen LogP) is 3.36. The van der Waals surface area contributed by atoms with Crippen molar-refractivity contribution in [1.29, 1.82) is 5.26 Å². The molecule has 1 aliphatic heterocycles. The first-order valence-electron chi connectivity index (χ1n) is 7.62. The van der Waals surface area contributed by atoms with E-state index in [1.807, 2.05) is 0 Å². The zero-order chi connectivity index (χ0) is 18.8. The molecule has 0 aliphatic carbocycles. The van der Waals surface area contributed by atoms with Gasteiger partial charge in [0.05, 0.1) is 18.2 Å². The molecule has 1 amide bonds. The van der Waals surface area contributed by atoms with Crippen LogP contribution in [0.15, 0.2) is 12.1 Å². The van der Waals surface area contributed by atoms with Crippen molar-refractivity contribution in [2.45, 2.75) is 45.1 Å². The Bertz CT molecular complexity index is 693. The molecule has 0 bridgehead atoms. The summed E-state index contributed by atoms with van der Waals surface area (Å²) in [5.74, 6) is -0.289. The van der Waals surface area contributed by atoms with Gasteiger partial charge >= 0.3 is 12.3 Å². The maximum Gasteiger partial charge on any atom is 0.433 e. The second kappa shape index (κ2) is 6.78. The number of carbonyl (C=O) groups excluding carboxylic acids is 1. The topological polar surface area (TPSA) is 75.4 Å². The molecule has 1 fully saturated rings. The van der Waals surface area contributed by atoms with Crippen molar-refractivity contribution < 1.29 is 27.4 Å². The number of hydrogen-bond donors (Lipinski definition) is 0. The quantitative estimate of drug-likeness (QED) is 0.811. The van der Waals surface area contributed by atoms with E-state index in [0.717, 1.165) is 6.07 Å². The van der Waals surface area contributed by atoms with Gasteiger partial charge in [0.15, 0.2) is 0 Å². The van der Waals surface area contributed by atoms with Crippen LogP contribution in [0, 0.1) is 11.3 Å². The summed E-state index contributed by atoms with van der Waals surface area (Å²) >= 11 is 0. The van der Waals surface area contributed by atoms with Crippen LogP contribution in [-0.4, -0.2) is 40.8 Å². The Morgan fingerprint density at radius 1 is 1.36 bits per heavy atom. The third-order valence-corrected chi connectivity index (χ3v) is 3.31. The van der Waals surface area contributed by atoms with Gasteiger partial charge in [0, 0.05) is 19.0 Å². The fourth-order valence-corrected chi connectivity index (χ4v) is 2.26. The van der Waals surface area contributed by atoms with Crippen molar-refractivity contribution >= 4 is 6.09 Å². The maximum atomic E-state index is 12.8. The van der Waals surface area contributed by atoms with Crippen molar-refractivity contribution in [2.24, 2.45) is 0 Å². The molecule has 1 saturated heterocycles. The van der Waals surface area contributed by atoms with E-state index in [0.29, 0.717) is 19.0 Å². The summed E-state index contributed by atoms with van der Waals surface area (Å²) in [6.07, 6.45) is -5.27. The van der Waals surface area contributed by atoms with Gasteiger partial charge in [-0.2, -0.15) is 18.4 Å². The fraction of sp³-hybridized carbons (Fsp3) is 0.562. The molecule has 9 heteroatoms. The molecule has 1 atom stereocenters. The normalized spacial score (nSPS) is 18.0. The zero-order valence-corrected chi connectivity index (χ0v) is 14.1. The van der Waals surface area contributed by atoms with Gasteiger partial charge in [-0.1, -0.05) is 0 Å². The third kappa shape index (κ3) is 5.24. The number of hydrogen-bond acceptors (Lipinski definition) is 5. The highest BCUT2D eigenvalue weighted by molar-refractivity contribution is 5.68. The summed E-state index contributed by atoms with van der Waals surface area (Å²) in [5, 5.41) is 8.87. The molecule has 1 aliphatic rings. The van der Waals surface area contributed by atoms with Gasteiger partial charge in [-0.3, -0.25) is 0 Å². The highest BCUT2D eigenvalue weighted by atomic mass is 19.4. The molecule has 2 heterocycles. The van der Waals surface area contributed by atoms with Gasteiger partial charge in [0.25, 0.3) is 0 Å². The van der Waals surface area contributed by atoms with Crippen LogP contribution in [-0.2, 0) is 10.9 Å². The first-order chi connectivity index (χ1) is 11.5. The van der Waals surface area contributed by atoms with Crippen LogP contribution < -0.4 is 4.74 Å². The summed E-state index contributed by atoms with van der Waals surface area (Å²) < 4.78 is 49.2. The average Bonchev–Trinajstić information content (AvgIpc) is 2.93. The minimum Gasteiger partial charge on any atom is -0.472 e. The van der Waals surface area contributed by atoms with Crippen LogP contribution in [0.2, 0.25) is 0 Å². The Balaban J connectivity index is 2.06. The van der Waals surface area contributed by atoms with E-state index in [9.17, 15) is 18.0 Å². The molecule has 2 rings (SSSR count). The number of carbonyl (C=O) groups is 1. The molecule has 25 heavy (non-hydrogen) atoms. The fourth-order valence-electron chi connectivity index (χ4n) is 2.26. The number of nitrogens with zero attached hydrogens (tertiary/aromatic N) is 3. The summed E-state index contributed by atoms with van der Waals surface area (Å²) in [4.78, 5) is 16.8. The summed E-state index contributed by atoms with van der Waals surface area (Å²) in [5.41, 5.74) is -2.02. The second-order valence-electron chi connectivity index (χ2n) is 6.64. The van der Waals surface area contributed by atoms with E-state index in [2.05, 4.69) is 4.98 Å². The molecule has 0 aromatic carbocycles. The minimum absolute atomic E-state index is 0.175. The van der Waals surface area contributed by atoms with E-state index >= 15 is 0 Å². The van der Waals surface area contributed by atoms with Crippen LogP contribution in [0.3, 0.4) is 0 Å². The number of alkyl halides is 3. The van der Waals surface area contributed by atoms with E-state index in [1.165, 1.54) is 4.90 Å². The van der Waals surface area contributed by atoms with E-state index in [4.69, 9.17) is 14.7 Å². The Kier molecular flexibility index (Phi) is 5.11. The van der Waals surface area contributed by atoms with Crippen molar-refractivity contribution in [2.75, 3.05) is 13.1 Å². The van der Waals surface area contributed by atoms with Gasteiger partial charge in [0.2, 0.25) is 5.88 Å². The van der Waals surface area contributed by atoms with Crippen molar-refractivity contribution in [3.8, 4) is 11.9 Å². The number of amides is 1. The Morgan fingerprint density at radius 3 is 2.60 bits per heavy atom. The molecule has 1 aromatic rings. The van der Waals surface area contributed by atoms with Gasteiger partial charge in [-0.15, -0.1) is 0 Å². The van der Waals surface area contributed by atoms with Crippen LogP contribution in [0.5, 0.6) is 5.88 Å². The molecule has 0 N–H and O–H groups in total. The number of halogens is 3. The third-order valence-electron chi connectivity index (χ3n) is 3.31. The number of nitriles is 1. The molecule has 0 saturated carbocycles. The Morgan fingerprint density at radius 2 is 2.04 bits per heavy atom. The molecule has 136 valence electrons. The standard InChI is InChI=1S/C16H18F3N3O3/c1-15(2,3)25-14(23)22-5-4-11(9-22)24-13-7-10(8-20)6-12(21-13)16(17,18)19/h6-7,11H,4-5,9H2,1-3H3/t11-/m1/s1.